The molecule has 116 valence electrons. The number of furan rings is 1. The second-order valence-corrected chi connectivity index (χ2v) is 5.85. The maximum Gasteiger partial charge on any atom is 0.259 e. The second kappa shape index (κ2) is 6.26. The lowest BCUT2D eigenvalue weighted by Gasteiger charge is -2.30. The molecule has 2 aromatic rings. The summed E-state index contributed by atoms with van der Waals surface area (Å²) in [7, 11) is 0. The number of carbonyl (C=O) groups excluding carboxylic acids is 1. The minimum Gasteiger partial charge on any atom is -0.466 e. The number of nitrogens with zero attached hydrogens (tertiary/aromatic N) is 1. The average molecular weight is 298 g/mol. The monoisotopic (exact) mass is 298 g/mol. The van der Waals surface area contributed by atoms with Gasteiger partial charge in [0.15, 0.2) is 0 Å². The number of hydrogen-bond donors (Lipinski definition) is 1. The van der Waals surface area contributed by atoms with E-state index in [-0.39, 0.29) is 5.91 Å². The van der Waals surface area contributed by atoms with Gasteiger partial charge in [0.1, 0.15) is 11.5 Å². The summed E-state index contributed by atoms with van der Waals surface area (Å²) >= 11 is 0. The molecular weight excluding hydrogens is 276 g/mol. The number of hydrogen-bond acceptors (Lipinski definition) is 3. The van der Waals surface area contributed by atoms with Crippen LogP contribution in [0.4, 0.5) is 11.4 Å². The standard InChI is InChI=1S/C18H22N2O2/c1-13-12-15(14(2)22-13)18(21)19-16-8-4-5-9-17(16)20-10-6-3-7-11-20/h4-5,8-9,12H,3,6-7,10-11H2,1-2H3,(H,19,21). The summed E-state index contributed by atoms with van der Waals surface area (Å²) in [6.07, 6.45) is 3.71. The number of rotatable bonds is 3. The van der Waals surface area contributed by atoms with Crippen molar-refractivity contribution in [2.75, 3.05) is 23.3 Å². The molecule has 1 N–H and O–H groups in total. The van der Waals surface area contributed by atoms with Gasteiger partial charge < -0.3 is 14.6 Å². The van der Waals surface area contributed by atoms with E-state index in [0.717, 1.165) is 30.2 Å². The summed E-state index contributed by atoms with van der Waals surface area (Å²) in [5.74, 6) is 1.30. The van der Waals surface area contributed by atoms with E-state index in [1.54, 1.807) is 6.07 Å². The normalized spacial score (nSPS) is 14.9. The predicted molar refractivity (Wildman–Crippen MR) is 88.6 cm³/mol. The van der Waals surface area contributed by atoms with Crippen molar-refractivity contribution in [2.24, 2.45) is 0 Å². The van der Waals surface area contributed by atoms with Crippen LogP contribution in [0.2, 0.25) is 0 Å². The van der Waals surface area contributed by atoms with E-state index < -0.39 is 0 Å². The van der Waals surface area contributed by atoms with Crippen molar-refractivity contribution in [3.63, 3.8) is 0 Å². The van der Waals surface area contributed by atoms with Gasteiger partial charge in [-0.15, -0.1) is 0 Å². The second-order valence-electron chi connectivity index (χ2n) is 5.85. The predicted octanol–water partition coefficient (Wildman–Crippen LogP) is 4.14. The Morgan fingerprint density at radius 2 is 1.86 bits per heavy atom. The molecule has 2 heterocycles. The van der Waals surface area contributed by atoms with E-state index in [9.17, 15) is 4.79 Å². The van der Waals surface area contributed by atoms with Crippen LogP contribution in [-0.2, 0) is 0 Å². The van der Waals surface area contributed by atoms with Gasteiger partial charge in [-0.3, -0.25) is 4.79 Å². The molecule has 1 aliphatic rings. The van der Waals surface area contributed by atoms with Gasteiger partial charge in [-0.2, -0.15) is 0 Å². The molecule has 4 heteroatoms. The number of nitrogens with one attached hydrogen (secondary N) is 1. The lowest BCUT2D eigenvalue weighted by Crippen LogP contribution is -2.30. The quantitative estimate of drug-likeness (QED) is 0.926. The Bertz CT molecular complexity index is 669. The smallest absolute Gasteiger partial charge is 0.259 e. The Hall–Kier alpha value is -2.23. The van der Waals surface area contributed by atoms with E-state index in [1.165, 1.54) is 19.3 Å². The first kappa shape index (κ1) is 14.7. The first-order valence-corrected chi connectivity index (χ1v) is 7.87. The van der Waals surface area contributed by atoms with Crippen LogP contribution in [0.25, 0.3) is 0 Å². The minimum atomic E-state index is -0.112. The molecule has 1 aromatic carbocycles. The number of para-hydroxylation sites is 2. The maximum atomic E-state index is 12.5. The van der Waals surface area contributed by atoms with Crippen molar-refractivity contribution < 1.29 is 9.21 Å². The third kappa shape index (κ3) is 3.01. The molecule has 0 unspecified atom stereocenters. The fraction of sp³-hybridized carbons (Fsp3) is 0.389. The average Bonchev–Trinajstić information content (AvgIpc) is 2.87. The Labute approximate surface area is 131 Å². The highest BCUT2D eigenvalue weighted by molar-refractivity contribution is 6.06. The molecule has 4 nitrogen and oxygen atoms in total. The van der Waals surface area contributed by atoms with Crippen LogP contribution in [0, 0.1) is 13.8 Å². The maximum absolute atomic E-state index is 12.5. The first-order chi connectivity index (χ1) is 10.6. The van der Waals surface area contributed by atoms with Crippen molar-refractivity contribution in [3.8, 4) is 0 Å². The van der Waals surface area contributed by atoms with Gasteiger partial charge in [0.25, 0.3) is 5.91 Å². The van der Waals surface area contributed by atoms with Crippen LogP contribution < -0.4 is 10.2 Å². The summed E-state index contributed by atoms with van der Waals surface area (Å²) < 4.78 is 5.45. The molecule has 1 amide bonds. The van der Waals surface area contributed by atoms with E-state index in [1.807, 2.05) is 32.0 Å². The zero-order chi connectivity index (χ0) is 15.5. The highest BCUT2D eigenvalue weighted by atomic mass is 16.3. The highest BCUT2D eigenvalue weighted by Gasteiger charge is 2.18. The Kier molecular flexibility index (Phi) is 4.18. The zero-order valence-corrected chi connectivity index (χ0v) is 13.2. The fourth-order valence-corrected chi connectivity index (χ4v) is 3.04. The van der Waals surface area contributed by atoms with Crippen molar-refractivity contribution in [1.29, 1.82) is 0 Å². The minimum absolute atomic E-state index is 0.112. The largest absolute Gasteiger partial charge is 0.466 e. The molecule has 1 aromatic heterocycles. The number of carbonyl (C=O) groups is 1. The van der Waals surface area contributed by atoms with Gasteiger partial charge in [-0.05, 0) is 51.3 Å². The molecule has 0 saturated carbocycles. The molecule has 0 radical (unpaired) electrons. The summed E-state index contributed by atoms with van der Waals surface area (Å²) in [6, 6.07) is 9.80. The van der Waals surface area contributed by atoms with Gasteiger partial charge in [-0.25, -0.2) is 0 Å². The molecule has 0 aliphatic carbocycles. The van der Waals surface area contributed by atoms with Crippen molar-refractivity contribution in [3.05, 3.63) is 47.4 Å². The number of anilines is 2. The number of benzene rings is 1. The lowest BCUT2D eigenvalue weighted by atomic mass is 10.1. The van der Waals surface area contributed by atoms with E-state index >= 15 is 0 Å². The molecule has 0 atom stereocenters. The van der Waals surface area contributed by atoms with Gasteiger partial charge in [-0.1, -0.05) is 12.1 Å². The topological polar surface area (TPSA) is 45.5 Å². The SMILES string of the molecule is Cc1cc(C(=O)Nc2ccccc2N2CCCCC2)c(C)o1. The van der Waals surface area contributed by atoms with Crippen LogP contribution in [0.1, 0.15) is 41.1 Å². The summed E-state index contributed by atoms with van der Waals surface area (Å²) in [6.45, 7) is 5.78. The van der Waals surface area contributed by atoms with Gasteiger partial charge in [0.05, 0.1) is 16.9 Å². The van der Waals surface area contributed by atoms with Crippen LogP contribution in [0.3, 0.4) is 0 Å². The third-order valence-corrected chi connectivity index (χ3v) is 4.13. The van der Waals surface area contributed by atoms with Crippen LogP contribution >= 0.6 is 0 Å². The number of piperidine rings is 1. The molecule has 1 saturated heterocycles. The number of aryl methyl sites for hydroxylation is 2. The van der Waals surface area contributed by atoms with Gasteiger partial charge in [0.2, 0.25) is 0 Å². The van der Waals surface area contributed by atoms with Crippen LogP contribution in [0.15, 0.2) is 34.7 Å². The number of amides is 1. The van der Waals surface area contributed by atoms with Crippen LogP contribution in [0.5, 0.6) is 0 Å². The third-order valence-electron chi connectivity index (χ3n) is 4.13. The molecule has 0 bridgehead atoms. The Morgan fingerprint density at radius 1 is 1.14 bits per heavy atom. The van der Waals surface area contributed by atoms with E-state index in [0.29, 0.717) is 11.3 Å². The lowest BCUT2D eigenvalue weighted by molar-refractivity contribution is 0.102. The molecular formula is C18H22N2O2. The van der Waals surface area contributed by atoms with Crippen molar-refractivity contribution >= 4 is 17.3 Å². The van der Waals surface area contributed by atoms with E-state index in [2.05, 4.69) is 16.3 Å². The molecule has 1 fully saturated rings. The first-order valence-electron chi connectivity index (χ1n) is 7.87. The van der Waals surface area contributed by atoms with Crippen molar-refractivity contribution in [1.82, 2.24) is 0 Å². The van der Waals surface area contributed by atoms with E-state index in [4.69, 9.17) is 4.42 Å². The fourth-order valence-electron chi connectivity index (χ4n) is 3.04. The molecule has 3 rings (SSSR count). The summed E-state index contributed by atoms with van der Waals surface area (Å²) in [5.41, 5.74) is 2.58. The Morgan fingerprint density at radius 3 is 2.55 bits per heavy atom. The molecule has 22 heavy (non-hydrogen) atoms. The van der Waals surface area contributed by atoms with Gasteiger partial charge >= 0.3 is 0 Å². The molecule has 1 aliphatic heterocycles. The Balaban J connectivity index is 1.83. The summed E-state index contributed by atoms with van der Waals surface area (Å²) in [4.78, 5) is 14.8. The summed E-state index contributed by atoms with van der Waals surface area (Å²) in [5, 5.41) is 3.04. The van der Waals surface area contributed by atoms with Crippen molar-refractivity contribution in [2.45, 2.75) is 33.1 Å². The van der Waals surface area contributed by atoms with Crippen LogP contribution in [-0.4, -0.2) is 19.0 Å². The molecule has 0 spiro atoms. The zero-order valence-electron chi connectivity index (χ0n) is 13.2. The highest BCUT2D eigenvalue weighted by Crippen LogP contribution is 2.29. The van der Waals surface area contributed by atoms with Gasteiger partial charge in [0, 0.05) is 13.1 Å².